The fourth-order valence-electron chi connectivity index (χ4n) is 4.06. The summed E-state index contributed by atoms with van der Waals surface area (Å²) >= 11 is 0. The average Bonchev–Trinajstić information content (AvgIpc) is 3.14. The van der Waals surface area contributed by atoms with Crippen LogP contribution in [-0.2, 0) is 12.7 Å². The molecule has 2 aromatic rings. The summed E-state index contributed by atoms with van der Waals surface area (Å²) in [6, 6.07) is 9.36. The second kappa shape index (κ2) is 8.49. The third-order valence-corrected chi connectivity index (χ3v) is 5.40. The van der Waals surface area contributed by atoms with Crippen LogP contribution < -0.4 is 0 Å². The number of allylic oxidation sites excluding steroid dienone is 2. The van der Waals surface area contributed by atoms with E-state index in [1.807, 2.05) is 32.2 Å². The molecule has 1 aromatic heterocycles. The fourth-order valence-corrected chi connectivity index (χ4v) is 4.06. The number of alkyl halides is 3. The van der Waals surface area contributed by atoms with Crippen LogP contribution in [0.2, 0.25) is 0 Å². The van der Waals surface area contributed by atoms with Gasteiger partial charge < -0.3 is 4.90 Å². The summed E-state index contributed by atoms with van der Waals surface area (Å²) in [6.45, 7) is 7.28. The molecule has 0 unspecified atom stereocenters. The number of aryl methyl sites for hydroxylation is 1. The van der Waals surface area contributed by atoms with Crippen molar-refractivity contribution in [1.82, 2.24) is 14.7 Å². The van der Waals surface area contributed by atoms with E-state index >= 15 is 0 Å². The van der Waals surface area contributed by atoms with E-state index in [2.05, 4.69) is 16.1 Å². The highest BCUT2D eigenvalue weighted by atomic mass is 19.4. The van der Waals surface area contributed by atoms with Crippen LogP contribution in [-0.4, -0.2) is 34.8 Å². The van der Waals surface area contributed by atoms with Crippen LogP contribution >= 0.6 is 0 Å². The normalized spacial score (nSPS) is 18.6. The molecule has 7 heteroatoms. The number of hydrogen-bond donors (Lipinski definition) is 0. The van der Waals surface area contributed by atoms with Gasteiger partial charge in [-0.1, -0.05) is 29.8 Å². The molecule has 30 heavy (non-hydrogen) atoms. The third-order valence-electron chi connectivity index (χ3n) is 5.40. The van der Waals surface area contributed by atoms with Crippen molar-refractivity contribution in [2.75, 3.05) is 20.1 Å². The van der Waals surface area contributed by atoms with Crippen molar-refractivity contribution in [3.63, 3.8) is 0 Å². The van der Waals surface area contributed by atoms with Gasteiger partial charge in [0.05, 0.1) is 6.07 Å². The highest BCUT2D eigenvalue weighted by molar-refractivity contribution is 5.71. The van der Waals surface area contributed by atoms with Gasteiger partial charge in [-0.05, 0) is 50.6 Å². The van der Waals surface area contributed by atoms with Gasteiger partial charge in [0.15, 0.2) is 5.69 Å². The van der Waals surface area contributed by atoms with E-state index in [9.17, 15) is 18.4 Å². The van der Waals surface area contributed by atoms with E-state index in [1.54, 1.807) is 26.0 Å². The lowest BCUT2D eigenvalue weighted by Crippen LogP contribution is -2.32. The van der Waals surface area contributed by atoms with Gasteiger partial charge in [-0.15, -0.1) is 0 Å². The maximum atomic E-state index is 13.7. The van der Waals surface area contributed by atoms with E-state index in [4.69, 9.17) is 0 Å². The summed E-state index contributed by atoms with van der Waals surface area (Å²) in [7, 11) is 1.99. The summed E-state index contributed by atoms with van der Waals surface area (Å²) in [4.78, 5) is 2.15. The van der Waals surface area contributed by atoms with E-state index in [1.165, 1.54) is 10.9 Å². The quantitative estimate of drug-likeness (QED) is 0.629. The van der Waals surface area contributed by atoms with Crippen molar-refractivity contribution in [1.29, 1.82) is 5.26 Å². The lowest BCUT2D eigenvalue weighted by atomic mass is 9.81. The molecular formula is C23H25F3N4. The number of hydrogen-bond acceptors (Lipinski definition) is 3. The van der Waals surface area contributed by atoms with Gasteiger partial charge in [0.1, 0.15) is 0 Å². The Labute approximate surface area is 174 Å². The third kappa shape index (κ3) is 4.34. The molecule has 0 aliphatic carbocycles. The maximum Gasteiger partial charge on any atom is 0.435 e. The van der Waals surface area contributed by atoms with Crippen molar-refractivity contribution in [2.45, 2.75) is 39.4 Å². The summed E-state index contributed by atoms with van der Waals surface area (Å²) in [5.41, 5.74) is 3.23. The first kappa shape index (κ1) is 21.8. The molecule has 2 heterocycles. The number of rotatable bonds is 4. The molecular weight excluding hydrogens is 389 g/mol. The predicted molar refractivity (Wildman–Crippen MR) is 111 cm³/mol. The van der Waals surface area contributed by atoms with Gasteiger partial charge in [-0.25, -0.2) is 0 Å². The first-order valence-corrected chi connectivity index (χ1v) is 9.86. The highest BCUT2D eigenvalue weighted by Gasteiger charge is 2.38. The minimum absolute atomic E-state index is 0.0890. The van der Waals surface area contributed by atoms with E-state index in [-0.39, 0.29) is 11.5 Å². The number of aromatic nitrogens is 2. The molecule has 0 spiro atoms. The molecule has 0 N–H and O–H groups in total. The minimum atomic E-state index is -4.54. The molecule has 0 fully saturated rings. The molecule has 1 aliphatic heterocycles. The Morgan fingerprint density at radius 3 is 2.63 bits per heavy atom. The van der Waals surface area contributed by atoms with Gasteiger partial charge in [-0.2, -0.15) is 23.5 Å². The number of nitriles is 1. The lowest BCUT2D eigenvalue weighted by molar-refractivity contribution is -0.141. The average molecular weight is 414 g/mol. The standard InChI is InChI=1S/C23H25F3N4/c1-5-30-14-21(22(28-30)23(24,25)26)18-9-7-6-8-17(18)20-13-29(4)12-16(3)19(20)10-15(2)11-27/h6-10,14,20H,5,12-13H2,1-4H3/b15-10+/t20-/m0/s1. The molecule has 3 rings (SSSR count). The second-order valence-corrected chi connectivity index (χ2v) is 7.76. The smallest absolute Gasteiger partial charge is 0.301 e. The molecule has 1 aliphatic rings. The minimum Gasteiger partial charge on any atom is -0.301 e. The number of halogens is 3. The van der Waals surface area contributed by atoms with Gasteiger partial charge in [0, 0.05) is 42.9 Å². The summed E-state index contributed by atoms with van der Waals surface area (Å²) in [5.74, 6) is -0.144. The maximum absolute atomic E-state index is 13.7. The summed E-state index contributed by atoms with van der Waals surface area (Å²) in [6.07, 6.45) is -1.21. The molecule has 0 radical (unpaired) electrons. The number of likely N-dealkylation sites (N-methyl/N-ethyl adjacent to an activating group) is 1. The largest absolute Gasteiger partial charge is 0.435 e. The zero-order valence-corrected chi connectivity index (χ0v) is 17.6. The highest BCUT2D eigenvalue weighted by Crippen LogP contribution is 2.42. The van der Waals surface area contributed by atoms with Crippen LogP contribution in [0.25, 0.3) is 11.1 Å². The van der Waals surface area contributed by atoms with Crippen LogP contribution in [0.3, 0.4) is 0 Å². The molecule has 1 atom stereocenters. The zero-order valence-electron chi connectivity index (χ0n) is 17.6. The zero-order chi connectivity index (χ0) is 22.1. The van der Waals surface area contributed by atoms with Crippen LogP contribution in [0.15, 0.2) is 53.3 Å². The van der Waals surface area contributed by atoms with Crippen molar-refractivity contribution in [2.24, 2.45) is 0 Å². The SMILES string of the molecule is CCn1cc(-c2ccccc2[C@@H]2CN(C)CC(C)=C2/C=C(\C)C#N)c(C(F)(F)F)n1. The number of benzene rings is 1. The Kier molecular flexibility index (Phi) is 6.18. The molecule has 0 bridgehead atoms. The molecule has 158 valence electrons. The van der Waals surface area contributed by atoms with Gasteiger partial charge >= 0.3 is 6.18 Å². The van der Waals surface area contributed by atoms with Crippen LogP contribution in [0.5, 0.6) is 0 Å². The van der Waals surface area contributed by atoms with Gasteiger partial charge in [0.2, 0.25) is 0 Å². The van der Waals surface area contributed by atoms with Crippen molar-refractivity contribution < 1.29 is 13.2 Å². The predicted octanol–water partition coefficient (Wildman–Crippen LogP) is 5.40. The van der Waals surface area contributed by atoms with Crippen molar-refractivity contribution in [3.05, 3.63) is 64.5 Å². The first-order valence-electron chi connectivity index (χ1n) is 9.86. The van der Waals surface area contributed by atoms with Gasteiger partial charge in [0.25, 0.3) is 0 Å². The Hall–Kier alpha value is -2.85. The second-order valence-electron chi connectivity index (χ2n) is 7.76. The van der Waals surface area contributed by atoms with E-state index < -0.39 is 11.9 Å². The van der Waals surface area contributed by atoms with Gasteiger partial charge in [-0.3, -0.25) is 4.68 Å². The fraction of sp³-hybridized carbons (Fsp3) is 0.391. The van der Waals surface area contributed by atoms with E-state index in [0.29, 0.717) is 24.2 Å². The summed E-state index contributed by atoms with van der Waals surface area (Å²) < 4.78 is 42.5. The van der Waals surface area contributed by atoms with Crippen molar-refractivity contribution in [3.8, 4) is 17.2 Å². The molecule has 0 saturated heterocycles. The Morgan fingerprint density at radius 1 is 1.30 bits per heavy atom. The Balaban J connectivity index is 2.23. The van der Waals surface area contributed by atoms with Crippen LogP contribution in [0.4, 0.5) is 13.2 Å². The molecule has 0 saturated carbocycles. The Bertz CT molecular complexity index is 1040. The van der Waals surface area contributed by atoms with Crippen LogP contribution in [0.1, 0.15) is 37.9 Å². The van der Waals surface area contributed by atoms with Crippen molar-refractivity contribution >= 4 is 0 Å². The topological polar surface area (TPSA) is 44.9 Å². The molecule has 1 aromatic carbocycles. The van der Waals surface area contributed by atoms with Crippen LogP contribution in [0, 0.1) is 11.3 Å². The molecule has 0 amide bonds. The number of nitrogens with zero attached hydrogens (tertiary/aromatic N) is 4. The van der Waals surface area contributed by atoms with E-state index in [0.717, 1.165) is 23.3 Å². The lowest BCUT2D eigenvalue weighted by Gasteiger charge is -2.34. The first-order chi connectivity index (χ1) is 14.2. The monoisotopic (exact) mass is 414 g/mol. The molecule has 4 nitrogen and oxygen atoms in total. The summed E-state index contributed by atoms with van der Waals surface area (Å²) in [5, 5.41) is 13.0. The Morgan fingerprint density at radius 2 is 2.00 bits per heavy atom.